The Bertz CT molecular complexity index is 2160. The predicted molar refractivity (Wildman–Crippen MR) is 181 cm³/mol. The van der Waals surface area contributed by atoms with E-state index in [2.05, 4.69) is 81.9 Å². The van der Waals surface area contributed by atoms with E-state index in [0.717, 1.165) is 67.1 Å². The first-order valence-electron chi connectivity index (χ1n) is 14.9. The molecule has 0 bridgehead atoms. The van der Waals surface area contributed by atoms with Gasteiger partial charge in [-0.05, 0) is 24.3 Å². The first-order chi connectivity index (χ1) is 22.1. The molecule has 0 spiro atoms. The van der Waals surface area contributed by atoms with E-state index in [9.17, 15) is 0 Å². The molecule has 0 aliphatic carbocycles. The largest absolute Gasteiger partial charge is 2.00 e. The van der Waals surface area contributed by atoms with Crippen LogP contribution in [0.5, 0.6) is 11.5 Å². The zero-order valence-corrected chi connectivity index (χ0v) is 27.5. The molecule has 0 fully saturated rings. The van der Waals surface area contributed by atoms with Crippen LogP contribution in [0.4, 0.5) is 0 Å². The van der Waals surface area contributed by atoms with Crippen LogP contribution in [0, 0.1) is 12.1 Å². The van der Waals surface area contributed by atoms with Crippen LogP contribution in [-0.4, -0.2) is 19.1 Å². The molecule has 8 aromatic rings. The molecule has 224 valence electrons. The number of hydrogen-bond acceptors (Lipinski definition) is 3. The van der Waals surface area contributed by atoms with E-state index in [4.69, 9.17) is 14.7 Å². The average Bonchev–Trinajstić information content (AvgIpc) is 3.62. The molecule has 0 amide bonds. The minimum absolute atomic E-state index is 0. The van der Waals surface area contributed by atoms with Crippen LogP contribution in [0.25, 0.3) is 67.1 Å². The molecule has 0 unspecified atom stereocenters. The summed E-state index contributed by atoms with van der Waals surface area (Å²) >= 11 is 0. The smallest absolute Gasteiger partial charge is 0.495 e. The van der Waals surface area contributed by atoms with Crippen LogP contribution in [-0.2, 0) is 35.2 Å². The molecule has 0 aliphatic heterocycles. The summed E-state index contributed by atoms with van der Waals surface area (Å²) in [5.41, 5.74) is 9.61. The summed E-state index contributed by atoms with van der Waals surface area (Å²) in [6, 6.07) is 52.3. The van der Waals surface area contributed by atoms with E-state index in [-0.39, 0.29) is 21.1 Å². The second kappa shape index (κ2) is 12.3. The van der Waals surface area contributed by atoms with E-state index in [1.165, 1.54) is 0 Å². The minimum Gasteiger partial charge on any atom is -0.495 e. The number of ether oxygens (including phenoxy) is 1. The second-order valence-corrected chi connectivity index (χ2v) is 11.0. The van der Waals surface area contributed by atoms with Crippen LogP contribution in [0.2, 0.25) is 0 Å². The number of benzene rings is 6. The van der Waals surface area contributed by atoms with Gasteiger partial charge in [-0.3, -0.25) is 9.97 Å². The predicted octanol–water partition coefficient (Wildman–Crippen LogP) is 9.52. The molecule has 6 heteroatoms. The maximum absolute atomic E-state index is 6.92. The summed E-state index contributed by atoms with van der Waals surface area (Å²) in [7, 11) is 4.07. The first-order valence-corrected chi connectivity index (χ1v) is 14.9. The standard InChI is InChI=1S/C40H28N4O.Pt/c1-43-35-19-11-9-17-33(35)41-39(43)29-21-23-31(27-13-5-3-6-14-27)37(25-29)45-38-26-30(22-24-32(38)28-15-7-4-8-16-28)40-42-34-18-10-12-20-36(34)44(40)2;/h3-24H,1-2H3;/q-2;+2. The summed E-state index contributed by atoms with van der Waals surface area (Å²) in [5.74, 6) is 2.84. The van der Waals surface area contributed by atoms with Crippen molar-refractivity contribution < 1.29 is 25.8 Å². The summed E-state index contributed by atoms with van der Waals surface area (Å²) in [6.07, 6.45) is 0. The number of imidazole rings is 2. The monoisotopic (exact) mass is 775 g/mol. The molecule has 2 heterocycles. The van der Waals surface area contributed by atoms with Crippen molar-refractivity contribution in [3.63, 3.8) is 0 Å². The fourth-order valence-electron chi connectivity index (χ4n) is 5.93. The molecule has 0 N–H and O–H groups in total. The third-order valence-corrected chi connectivity index (χ3v) is 8.25. The van der Waals surface area contributed by atoms with Gasteiger partial charge in [-0.2, -0.15) is 0 Å². The van der Waals surface area contributed by atoms with E-state index < -0.39 is 0 Å². The third kappa shape index (κ3) is 5.23. The van der Waals surface area contributed by atoms with Crippen LogP contribution >= 0.6 is 0 Å². The number of aryl methyl sites for hydroxylation is 2. The number of rotatable bonds is 6. The maximum atomic E-state index is 6.92. The van der Waals surface area contributed by atoms with Gasteiger partial charge >= 0.3 is 21.1 Å². The molecule has 0 atom stereocenters. The van der Waals surface area contributed by atoms with Crippen molar-refractivity contribution in [3.8, 4) is 56.5 Å². The SMILES string of the molecule is Cn1c(-c2[c-]c(Oc3[c-]c(-c4nc5ccccc5n4C)ccc3-c3ccccc3)c(-c3ccccc3)cc2)nc2ccccc21.[Pt+2]. The molecular weight excluding hydrogens is 748 g/mol. The first kappa shape index (κ1) is 29.5. The van der Waals surface area contributed by atoms with Gasteiger partial charge in [0.2, 0.25) is 0 Å². The Kier molecular flexibility index (Phi) is 7.86. The van der Waals surface area contributed by atoms with E-state index in [1.54, 1.807) is 0 Å². The quantitative estimate of drug-likeness (QED) is 0.158. The van der Waals surface area contributed by atoms with Gasteiger partial charge in [0.25, 0.3) is 0 Å². The number of fused-ring (bicyclic) bond motifs is 2. The van der Waals surface area contributed by atoms with Crippen molar-refractivity contribution >= 4 is 22.1 Å². The van der Waals surface area contributed by atoms with Gasteiger partial charge in [0.15, 0.2) is 0 Å². The van der Waals surface area contributed by atoms with Gasteiger partial charge in [0, 0.05) is 14.1 Å². The van der Waals surface area contributed by atoms with Crippen LogP contribution in [0.15, 0.2) is 133 Å². The van der Waals surface area contributed by atoms with Crippen molar-refractivity contribution in [2.45, 2.75) is 0 Å². The minimum atomic E-state index is 0. The average molecular weight is 776 g/mol. The Morgan fingerprint density at radius 1 is 0.478 bits per heavy atom. The molecule has 0 saturated carbocycles. The Balaban J connectivity index is 0.00000338. The van der Waals surface area contributed by atoms with Crippen LogP contribution in [0.1, 0.15) is 0 Å². The molecule has 6 aromatic carbocycles. The van der Waals surface area contributed by atoms with Crippen molar-refractivity contribution in [3.05, 3.63) is 146 Å². The van der Waals surface area contributed by atoms with Gasteiger partial charge < -0.3 is 13.9 Å². The summed E-state index contributed by atoms with van der Waals surface area (Å²) in [4.78, 5) is 9.88. The van der Waals surface area contributed by atoms with Crippen LogP contribution < -0.4 is 4.74 Å². The summed E-state index contributed by atoms with van der Waals surface area (Å²) < 4.78 is 11.1. The number of para-hydroxylation sites is 4. The molecule has 5 nitrogen and oxygen atoms in total. The molecule has 0 aliphatic rings. The number of nitrogens with zero attached hydrogens (tertiary/aromatic N) is 4. The third-order valence-electron chi connectivity index (χ3n) is 8.25. The Morgan fingerprint density at radius 3 is 1.28 bits per heavy atom. The van der Waals surface area contributed by atoms with Crippen molar-refractivity contribution in [1.29, 1.82) is 0 Å². The van der Waals surface area contributed by atoms with E-state index in [1.807, 2.05) is 86.9 Å². The molecule has 0 saturated heterocycles. The molecule has 2 aromatic heterocycles. The number of hydrogen-bond donors (Lipinski definition) is 0. The zero-order valence-electron chi connectivity index (χ0n) is 25.2. The zero-order chi connectivity index (χ0) is 30.3. The van der Waals surface area contributed by atoms with Crippen LogP contribution in [0.3, 0.4) is 0 Å². The maximum Gasteiger partial charge on any atom is 2.00 e. The van der Waals surface area contributed by atoms with Crippen molar-refractivity contribution in [2.75, 3.05) is 0 Å². The van der Waals surface area contributed by atoms with E-state index >= 15 is 0 Å². The molecule has 46 heavy (non-hydrogen) atoms. The van der Waals surface area contributed by atoms with Gasteiger partial charge in [-0.1, -0.05) is 119 Å². The second-order valence-electron chi connectivity index (χ2n) is 11.0. The van der Waals surface area contributed by atoms with Gasteiger partial charge in [0.05, 0.1) is 45.2 Å². The fourth-order valence-corrected chi connectivity index (χ4v) is 5.93. The van der Waals surface area contributed by atoms with Crippen molar-refractivity contribution in [2.24, 2.45) is 14.1 Å². The summed E-state index contributed by atoms with van der Waals surface area (Å²) in [6.45, 7) is 0. The van der Waals surface area contributed by atoms with Gasteiger partial charge in [0.1, 0.15) is 0 Å². The Morgan fingerprint density at radius 2 is 0.870 bits per heavy atom. The normalized spacial score (nSPS) is 11.1. The Hall–Kier alpha value is -5.25. The van der Waals surface area contributed by atoms with Crippen molar-refractivity contribution in [1.82, 2.24) is 19.1 Å². The Labute approximate surface area is 282 Å². The molecular formula is C40H28N4OPt. The molecule has 0 radical (unpaired) electrons. The van der Waals surface area contributed by atoms with Gasteiger partial charge in [-0.15, -0.1) is 35.4 Å². The molecule has 8 rings (SSSR count). The van der Waals surface area contributed by atoms with Gasteiger partial charge in [-0.25, -0.2) is 0 Å². The fraction of sp³-hybridized carbons (Fsp3) is 0.0500. The topological polar surface area (TPSA) is 44.9 Å². The summed E-state index contributed by atoms with van der Waals surface area (Å²) in [5, 5.41) is 0. The number of aromatic nitrogens is 4. The van der Waals surface area contributed by atoms with E-state index in [0.29, 0.717) is 11.5 Å².